The molecule has 8 heteroatoms. The van der Waals surface area contributed by atoms with Crippen LogP contribution in [-0.2, 0) is 11.3 Å². The van der Waals surface area contributed by atoms with Crippen LogP contribution in [0.1, 0.15) is 18.5 Å². The molecule has 5 nitrogen and oxygen atoms in total. The molecule has 1 aromatic heterocycles. The predicted octanol–water partition coefficient (Wildman–Crippen LogP) is 3.75. The largest absolute Gasteiger partial charge is 0.348 e. The zero-order valence-electron chi connectivity index (χ0n) is 12.6. The Morgan fingerprint density at radius 2 is 2.04 bits per heavy atom. The first kappa shape index (κ1) is 16.7. The second-order valence-electron chi connectivity index (χ2n) is 5.31. The highest BCUT2D eigenvalue weighted by molar-refractivity contribution is 6.35. The van der Waals surface area contributed by atoms with Gasteiger partial charge < -0.3 is 5.32 Å². The lowest BCUT2D eigenvalue weighted by molar-refractivity contribution is -0.122. The van der Waals surface area contributed by atoms with Crippen LogP contribution in [0.25, 0.3) is 11.0 Å². The molecule has 3 aromatic rings. The van der Waals surface area contributed by atoms with Gasteiger partial charge in [-0.1, -0.05) is 40.5 Å². The van der Waals surface area contributed by atoms with E-state index in [4.69, 9.17) is 23.2 Å². The maximum absolute atomic E-state index is 13.6. The van der Waals surface area contributed by atoms with Gasteiger partial charge in [0.1, 0.15) is 17.9 Å². The molecule has 24 heavy (non-hydrogen) atoms. The standard InChI is InChI=1S/C16H13Cl2FN4O/c1-9(10-6-13(19)12(18)7-11(10)17)20-16(24)8-23-15-5-3-2-4-14(15)21-22-23/h2-7,9H,8H2,1H3,(H,20,24)/t9-/m1/s1. The zero-order chi connectivity index (χ0) is 17.3. The molecule has 0 radical (unpaired) electrons. The topological polar surface area (TPSA) is 59.8 Å². The van der Waals surface area contributed by atoms with Crippen molar-refractivity contribution >= 4 is 40.1 Å². The van der Waals surface area contributed by atoms with E-state index in [9.17, 15) is 9.18 Å². The Morgan fingerprint density at radius 3 is 2.83 bits per heavy atom. The molecule has 0 unspecified atom stereocenters. The first-order valence-electron chi connectivity index (χ1n) is 7.17. The van der Waals surface area contributed by atoms with Crippen LogP contribution in [-0.4, -0.2) is 20.9 Å². The molecular weight excluding hydrogens is 354 g/mol. The first-order chi connectivity index (χ1) is 11.5. The summed E-state index contributed by atoms with van der Waals surface area (Å²) in [6, 6.07) is 9.40. The minimum absolute atomic E-state index is 0.00144. The van der Waals surface area contributed by atoms with E-state index in [-0.39, 0.29) is 17.5 Å². The Kier molecular flexibility index (Phi) is 4.69. The lowest BCUT2D eigenvalue weighted by Gasteiger charge is -2.16. The van der Waals surface area contributed by atoms with E-state index in [0.29, 0.717) is 16.1 Å². The summed E-state index contributed by atoms with van der Waals surface area (Å²) in [6.45, 7) is 1.71. The fourth-order valence-electron chi connectivity index (χ4n) is 2.40. The highest BCUT2D eigenvalue weighted by Gasteiger charge is 2.16. The molecule has 0 fully saturated rings. The number of hydrogen-bond acceptors (Lipinski definition) is 3. The van der Waals surface area contributed by atoms with Crippen molar-refractivity contribution in [2.24, 2.45) is 0 Å². The van der Waals surface area contributed by atoms with E-state index >= 15 is 0 Å². The number of amides is 1. The summed E-state index contributed by atoms with van der Waals surface area (Å²) in [5.74, 6) is -0.871. The summed E-state index contributed by atoms with van der Waals surface area (Å²) in [5.41, 5.74) is 1.92. The molecule has 1 atom stereocenters. The molecular formula is C16H13Cl2FN4O. The van der Waals surface area contributed by atoms with Gasteiger partial charge in [0.25, 0.3) is 0 Å². The van der Waals surface area contributed by atoms with Crippen LogP contribution >= 0.6 is 23.2 Å². The van der Waals surface area contributed by atoms with E-state index < -0.39 is 11.9 Å². The zero-order valence-corrected chi connectivity index (χ0v) is 14.1. The summed E-state index contributed by atoms with van der Waals surface area (Å²) < 4.78 is 15.1. The lowest BCUT2D eigenvalue weighted by Crippen LogP contribution is -2.30. The van der Waals surface area contributed by atoms with Gasteiger partial charge in [-0.05, 0) is 36.8 Å². The molecule has 1 amide bonds. The van der Waals surface area contributed by atoms with Gasteiger partial charge in [0.15, 0.2) is 0 Å². The van der Waals surface area contributed by atoms with Gasteiger partial charge in [-0.15, -0.1) is 5.10 Å². The van der Waals surface area contributed by atoms with Crippen LogP contribution in [0.15, 0.2) is 36.4 Å². The van der Waals surface area contributed by atoms with Gasteiger partial charge in [0.2, 0.25) is 5.91 Å². The van der Waals surface area contributed by atoms with Gasteiger partial charge in [-0.3, -0.25) is 4.79 Å². The minimum Gasteiger partial charge on any atom is -0.348 e. The summed E-state index contributed by atoms with van der Waals surface area (Å²) >= 11 is 11.8. The molecule has 0 saturated heterocycles. The molecule has 124 valence electrons. The molecule has 0 aliphatic heterocycles. The summed E-state index contributed by atoms with van der Waals surface area (Å²) in [4.78, 5) is 12.2. The van der Waals surface area contributed by atoms with E-state index in [1.807, 2.05) is 24.3 Å². The Labute approximate surface area is 147 Å². The molecule has 0 bridgehead atoms. The van der Waals surface area contributed by atoms with Crippen molar-refractivity contribution in [3.05, 3.63) is 57.8 Å². The molecule has 1 heterocycles. The van der Waals surface area contributed by atoms with Crippen LogP contribution in [0.3, 0.4) is 0 Å². The third-order valence-corrected chi connectivity index (χ3v) is 4.21. The molecule has 0 aliphatic carbocycles. The van der Waals surface area contributed by atoms with Crippen LogP contribution in [0.5, 0.6) is 0 Å². The van der Waals surface area contributed by atoms with Gasteiger partial charge in [-0.25, -0.2) is 9.07 Å². The fourth-order valence-corrected chi connectivity index (χ4v) is 2.95. The SMILES string of the molecule is C[C@@H](NC(=O)Cn1nnc2ccccc21)c1cc(F)c(Cl)cc1Cl. The van der Waals surface area contributed by atoms with Crippen molar-refractivity contribution in [1.29, 1.82) is 0 Å². The monoisotopic (exact) mass is 366 g/mol. The smallest absolute Gasteiger partial charge is 0.242 e. The number of carbonyl (C=O) groups excluding carboxylic acids is 1. The number of benzene rings is 2. The van der Waals surface area contributed by atoms with Crippen LogP contribution < -0.4 is 5.32 Å². The van der Waals surface area contributed by atoms with Gasteiger partial charge in [0, 0.05) is 5.02 Å². The highest BCUT2D eigenvalue weighted by Crippen LogP contribution is 2.28. The molecule has 1 N–H and O–H groups in total. The summed E-state index contributed by atoms with van der Waals surface area (Å²) in [7, 11) is 0. The summed E-state index contributed by atoms with van der Waals surface area (Å²) in [6.07, 6.45) is 0. The first-order valence-corrected chi connectivity index (χ1v) is 7.93. The van der Waals surface area contributed by atoms with E-state index in [2.05, 4.69) is 15.6 Å². The maximum Gasteiger partial charge on any atom is 0.242 e. The number of rotatable bonds is 4. The van der Waals surface area contributed by atoms with Crippen molar-refractivity contribution in [3.63, 3.8) is 0 Å². The van der Waals surface area contributed by atoms with Crippen molar-refractivity contribution in [2.75, 3.05) is 0 Å². The number of carbonyl (C=O) groups is 1. The van der Waals surface area contributed by atoms with E-state index in [1.165, 1.54) is 16.8 Å². The minimum atomic E-state index is -0.584. The maximum atomic E-state index is 13.6. The van der Waals surface area contributed by atoms with Crippen molar-refractivity contribution < 1.29 is 9.18 Å². The number of nitrogens with zero attached hydrogens (tertiary/aromatic N) is 3. The number of para-hydroxylation sites is 1. The van der Waals surface area contributed by atoms with E-state index in [0.717, 1.165) is 5.52 Å². The Bertz CT molecular complexity index is 912. The number of nitrogens with one attached hydrogen (secondary N) is 1. The van der Waals surface area contributed by atoms with Gasteiger partial charge in [-0.2, -0.15) is 0 Å². The van der Waals surface area contributed by atoms with Crippen molar-refractivity contribution in [3.8, 4) is 0 Å². The quantitative estimate of drug-likeness (QED) is 0.715. The third-order valence-electron chi connectivity index (χ3n) is 3.60. The molecule has 2 aromatic carbocycles. The number of hydrogen-bond donors (Lipinski definition) is 1. The molecule has 0 spiro atoms. The highest BCUT2D eigenvalue weighted by atomic mass is 35.5. The van der Waals surface area contributed by atoms with Crippen LogP contribution in [0, 0.1) is 5.82 Å². The number of halogens is 3. The Morgan fingerprint density at radius 1 is 1.29 bits per heavy atom. The van der Waals surface area contributed by atoms with Gasteiger partial charge in [0.05, 0.1) is 16.6 Å². The number of fused-ring (bicyclic) bond motifs is 1. The lowest BCUT2D eigenvalue weighted by atomic mass is 10.1. The molecule has 0 aliphatic rings. The van der Waals surface area contributed by atoms with Crippen LogP contribution in [0.4, 0.5) is 4.39 Å². The van der Waals surface area contributed by atoms with Crippen molar-refractivity contribution in [2.45, 2.75) is 19.5 Å². The molecule has 0 saturated carbocycles. The second-order valence-corrected chi connectivity index (χ2v) is 6.13. The number of aromatic nitrogens is 3. The summed E-state index contributed by atoms with van der Waals surface area (Å²) in [5, 5.41) is 11.0. The van der Waals surface area contributed by atoms with Gasteiger partial charge >= 0.3 is 0 Å². The Hall–Kier alpha value is -2.18. The third kappa shape index (κ3) is 3.34. The average molecular weight is 367 g/mol. The van der Waals surface area contributed by atoms with Crippen LogP contribution in [0.2, 0.25) is 10.0 Å². The average Bonchev–Trinajstić information content (AvgIpc) is 2.94. The fraction of sp³-hybridized carbons (Fsp3) is 0.188. The van der Waals surface area contributed by atoms with E-state index in [1.54, 1.807) is 6.92 Å². The second kappa shape index (κ2) is 6.75. The normalized spacial score (nSPS) is 12.3. The molecule has 3 rings (SSSR count). The Balaban J connectivity index is 1.74. The predicted molar refractivity (Wildman–Crippen MR) is 90.5 cm³/mol. The van der Waals surface area contributed by atoms with Crippen molar-refractivity contribution in [1.82, 2.24) is 20.3 Å².